The van der Waals surface area contributed by atoms with Gasteiger partial charge in [-0.25, -0.2) is 4.99 Å². The number of hydrogen-bond acceptors (Lipinski definition) is 2. The zero-order chi connectivity index (χ0) is 15.3. The Morgan fingerprint density at radius 2 is 1.75 bits per heavy atom. The van der Waals surface area contributed by atoms with Gasteiger partial charge in [-0.3, -0.25) is 4.79 Å². The zero-order valence-corrected chi connectivity index (χ0v) is 12.9. The van der Waals surface area contributed by atoms with E-state index in [0.29, 0.717) is 0 Å². The van der Waals surface area contributed by atoms with Crippen LogP contribution in [0.1, 0.15) is 31.9 Å². The fraction of sp³-hybridized carbons (Fsp3) is 0.467. The predicted octanol–water partition coefficient (Wildman–Crippen LogP) is 1.94. The van der Waals surface area contributed by atoms with Crippen LogP contribution in [0.25, 0.3) is 0 Å². The highest BCUT2D eigenvalue weighted by Gasteiger charge is 2.12. The van der Waals surface area contributed by atoms with E-state index >= 15 is 0 Å². The normalized spacial score (nSPS) is 12.2. The standard InChI is InChI=1S/C15H24N4O/c1-10-6-11(2)8-12(7-10)18-14(16)17-9-13(20)19-15(3,4)5/h6-8H,9H2,1-5H3,(H,19,20)(H3,16,17,18). The molecule has 1 rings (SSSR count). The van der Waals surface area contributed by atoms with Gasteiger partial charge in [0.2, 0.25) is 5.91 Å². The lowest BCUT2D eigenvalue weighted by atomic mass is 10.1. The second kappa shape index (κ2) is 6.41. The van der Waals surface area contributed by atoms with Crippen molar-refractivity contribution >= 4 is 17.6 Å². The third-order valence-electron chi connectivity index (χ3n) is 2.40. The molecule has 0 bridgehead atoms. The Kier molecular flexibility index (Phi) is 5.13. The Labute approximate surface area is 120 Å². The number of rotatable bonds is 3. The Morgan fingerprint density at radius 3 is 2.25 bits per heavy atom. The van der Waals surface area contributed by atoms with Crippen LogP contribution in [0.4, 0.5) is 5.69 Å². The average Bonchev–Trinajstić information content (AvgIpc) is 2.22. The van der Waals surface area contributed by atoms with E-state index in [1.807, 2.05) is 46.8 Å². The first-order valence-electron chi connectivity index (χ1n) is 6.62. The van der Waals surface area contributed by atoms with Gasteiger partial charge in [0.1, 0.15) is 6.54 Å². The van der Waals surface area contributed by atoms with Crippen LogP contribution >= 0.6 is 0 Å². The Balaban J connectivity index is 2.60. The van der Waals surface area contributed by atoms with Crippen molar-refractivity contribution in [1.82, 2.24) is 5.32 Å². The molecule has 0 atom stereocenters. The Morgan fingerprint density at radius 1 is 1.20 bits per heavy atom. The SMILES string of the molecule is Cc1cc(C)cc(NC(N)=NCC(=O)NC(C)(C)C)c1. The molecule has 0 radical (unpaired) electrons. The number of nitrogens with zero attached hydrogens (tertiary/aromatic N) is 1. The van der Waals surface area contributed by atoms with E-state index in [-0.39, 0.29) is 24.0 Å². The molecule has 0 fully saturated rings. The molecule has 5 nitrogen and oxygen atoms in total. The molecule has 0 saturated heterocycles. The van der Waals surface area contributed by atoms with Gasteiger partial charge < -0.3 is 16.4 Å². The van der Waals surface area contributed by atoms with Gasteiger partial charge in [0.05, 0.1) is 0 Å². The topological polar surface area (TPSA) is 79.5 Å². The molecule has 110 valence electrons. The maximum Gasteiger partial charge on any atom is 0.242 e. The number of benzene rings is 1. The van der Waals surface area contributed by atoms with E-state index in [0.717, 1.165) is 16.8 Å². The molecule has 0 spiro atoms. The molecule has 1 amide bonds. The minimum absolute atomic E-state index is 0.0148. The molecule has 5 heteroatoms. The van der Waals surface area contributed by atoms with Crippen LogP contribution in [0, 0.1) is 13.8 Å². The number of anilines is 1. The Bertz CT molecular complexity index is 495. The van der Waals surface area contributed by atoms with Crippen molar-refractivity contribution in [1.29, 1.82) is 0 Å². The first kappa shape index (κ1) is 16.0. The van der Waals surface area contributed by atoms with Crippen molar-refractivity contribution in [3.05, 3.63) is 29.3 Å². The molecule has 0 aliphatic rings. The second-order valence-electron chi connectivity index (χ2n) is 6.00. The summed E-state index contributed by atoms with van der Waals surface area (Å²) in [5, 5.41) is 5.82. The summed E-state index contributed by atoms with van der Waals surface area (Å²) in [5.74, 6) is 0.0849. The quantitative estimate of drug-likeness (QED) is 0.583. The van der Waals surface area contributed by atoms with Crippen LogP contribution in [0.15, 0.2) is 23.2 Å². The lowest BCUT2D eigenvalue weighted by Gasteiger charge is -2.19. The number of carbonyl (C=O) groups is 1. The van der Waals surface area contributed by atoms with Gasteiger partial charge in [-0.05, 0) is 57.9 Å². The molecule has 0 aliphatic carbocycles. The summed E-state index contributed by atoms with van der Waals surface area (Å²) in [5.41, 5.74) is 8.68. The van der Waals surface area contributed by atoms with E-state index in [2.05, 4.69) is 21.7 Å². The molecule has 0 aromatic heterocycles. The summed E-state index contributed by atoms with van der Waals surface area (Å²) in [4.78, 5) is 15.7. The molecule has 4 N–H and O–H groups in total. The van der Waals surface area contributed by atoms with Crippen LogP contribution in [-0.2, 0) is 4.79 Å². The lowest BCUT2D eigenvalue weighted by molar-refractivity contribution is -0.121. The molecular weight excluding hydrogens is 252 g/mol. The monoisotopic (exact) mass is 276 g/mol. The first-order chi connectivity index (χ1) is 9.15. The van der Waals surface area contributed by atoms with Crippen LogP contribution in [0.5, 0.6) is 0 Å². The maximum absolute atomic E-state index is 11.6. The average molecular weight is 276 g/mol. The highest BCUT2D eigenvalue weighted by molar-refractivity contribution is 5.94. The van der Waals surface area contributed by atoms with Gasteiger partial charge in [-0.2, -0.15) is 0 Å². The molecule has 20 heavy (non-hydrogen) atoms. The van der Waals surface area contributed by atoms with Gasteiger partial charge >= 0.3 is 0 Å². The van der Waals surface area contributed by atoms with E-state index < -0.39 is 0 Å². The lowest BCUT2D eigenvalue weighted by Crippen LogP contribution is -2.42. The van der Waals surface area contributed by atoms with Gasteiger partial charge in [-0.1, -0.05) is 6.07 Å². The van der Waals surface area contributed by atoms with Crippen LogP contribution in [-0.4, -0.2) is 24.0 Å². The van der Waals surface area contributed by atoms with E-state index in [4.69, 9.17) is 5.73 Å². The number of carbonyl (C=O) groups excluding carboxylic acids is 1. The number of nitrogens with one attached hydrogen (secondary N) is 2. The smallest absolute Gasteiger partial charge is 0.242 e. The van der Waals surface area contributed by atoms with E-state index in [1.54, 1.807) is 0 Å². The number of guanidine groups is 1. The summed E-state index contributed by atoms with van der Waals surface area (Å²) < 4.78 is 0. The molecule has 1 aromatic carbocycles. The third kappa shape index (κ3) is 6.22. The number of hydrogen-bond donors (Lipinski definition) is 3. The second-order valence-corrected chi connectivity index (χ2v) is 6.00. The Hall–Kier alpha value is -2.04. The van der Waals surface area contributed by atoms with Crippen molar-refractivity contribution in [2.45, 2.75) is 40.2 Å². The minimum Gasteiger partial charge on any atom is -0.370 e. The third-order valence-corrected chi connectivity index (χ3v) is 2.40. The van der Waals surface area contributed by atoms with Gasteiger partial charge in [-0.15, -0.1) is 0 Å². The maximum atomic E-state index is 11.6. The van der Waals surface area contributed by atoms with Crippen molar-refractivity contribution in [3.8, 4) is 0 Å². The highest BCUT2D eigenvalue weighted by atomic mass is 16.2. The fourth-order valence-corrected chi connectivity index (χ4v) is 1.85. The van der Waals surface area contributed by atoms with Crippen molar-refractivity contribution in [2.75, 3.05) is 11.9 Å². The van der Waals surface area contributed by atoms with E-state index in [9.17, 15) is 4.79 Å². The summed E-state index contributed by atoms with van der Waals surface area (Å²) in [6.07, 6.45) is 0. The number of aryl methyl sites for hydroxylation is 2. The van der Waals surface area contributed by atoms with Crippen LogP contribution in [0.2, 0.25) is 0 Å². The van der Waals surface area contributed by atoms with Gasteiger partial charge in [0.15, 0.2) is 5.96 Å². The molecule has 0 saturated carbocycles. The zero-order valence-electron chi connectivity index (χ0n) is 12.9. The van der Waals surface area contributed by atoms with Crippen molar-refractivity contribution in [3.63, 3.8) is 0 Å². The molecule has 1 aromatic rings. The van der Waals surface area contributed by atoms with Crippen molar-refractivity contribution < 1.29 is 4.79 Å². The molecule has 0 heterocycles. The van der Waals surface area contributed by atoms with Crippen LogP contribution < -0.4 is 16.4 Å². The molecular formula is C15H24N4O. The predicted molar refractivity (Wildman–Crippen MR) is 83.9 cm³/mol. The number of nitrogens with two attached hydrogens (primary N) is 1. The summed E-state index contributed by atoms with van der Waals surface area (Å²) in [6.45, 7) is 9.81. The molecule has 0 aliphatic heterocycles. The summed E-state index contributed by atoms with van der Waals surface area (Å²) >= 11 is 0. The van der Waals surface area contributed by atoms with Crippen molar-refractivity contribution in [2.24, 2.45) is 10.7 Å². The summed E-state index contributed by atoms with van der Waals surface area (Å²) in [7, 11) is 0. The first-order valence-corrected chi connectivity index (χ1v) is 6.62. The number of aliphatic imine (C=N–C) groups is 1. The summed E-state index contributed by atoms with van der Waals surface area (Å²) in [6, 6.07) is 6.03. The molecule has 0 unspecified atom stereocenters. The van der Waals surface area contributed by atoms with Gasteiger partial charge in [0.25, 0.3) is 0 Å². The number of amides is 1. The fourth-order valence-electron chi connectivity index (χ4n) is 1.85. The largest absolute Gasteiger partial charge is 0.370 e. The highest BCUT2D eigenvalue weighted by Crippen LogP contribution is 2.13. The minimum atomic E-state index is -0.261. The van der Waals surface area contributed by atoms with E-state index in [1.165, 1.54) is 0 Å². The van der Waals surface area contributed by atoms with Gasteiger partial charge in [0, 0.05) is 11.2 Å². The van der Waals surface area contributed by atoms with Crippen LogP contribution in [0.3, 0.4) is 0 Å².